The fraction of sp³-hybridized carbons (Fsp3) is 0.286. The van der Waals surface area contributed by atoms with Crippen LogP contribution >= 0.6 is 0 Å². The van der Waals surface area contributed by atoms with Crippen LogP contribution in [0.5, 0.6) is 0 Å². The topological polar surface area (TPSA) is 0 Å². The van der Waals surface area contributed by atoms with Gasteiger partial charge in [-0.05, 0) is 0 Å². The molecule has 0 heterocycles. The first kappa shape index (κ1) is 10.7. The van der Waals surface area contributed by atoms with Crippen molar-refractivity contribution in [3.63, 3.8) is 0 Å². The first-order chi connectivity index (χ1) is 6.90. The summed E-state index contributed by atoms with van der Waals surface area (Å²) in [7, 11) is 0. The Morgan fingerprint density at radius 1 is 0.667 bits per heavy atom. The molecule has 0 saturated carbocycles. The van der Waals surface area contributed by atoms with E-state index in [-0.39, 0.29) is 16.5 Å². The minimum atomic E-state index is 0. The van der Waals surface area contributed by atoms with Crippen LogP contribution < -0.4 is 0 Å². The predicted molar refractivity (Wildman–Crippen MR) is 59.3 cm³/mol. The Hall–Kier alpha value is -0.806. The monoisotopic (exact) mass is 240 g/mol. The third-order valence-electron chi connectivity index (χ3n) is 3.17. The van der Waals surface area contributed by atoms with E-state index < -0.39 is 0 Å². The third-order valence-corrected chi connectivity index (χ3v) is 3.17. The first-order valence-corrected chi connectivity index (χ1v) is 5.34. The van der Waals surface area contributed by atoms with Crippen molar-refractivity contribution in [2.24, 2.45) is 11.8 Å². The summed E-state index contributed by atoms with van der Waals surface area (Å²) >= 11 is 0. The molecule has 0 aromatic heterocycles. The molecule has 0 radical (unpaired) electrons. The summed E-state index contributed by atoms with van der Waals surface area (Å²) in [6.07, 6.45) is 20.4. The van der Waals surface area contributed by atoms with Crippen LogP contribution in [0.2, 0.25) is 0 Å². The van der Waals surface area contributed by atoms with Gasteiger partial charge in [0.1, 0.15) is 0 Å². The van der Waals surface area contributed by atoms with Gasteiger partial charge in [0, 0.05) is 0 Å². The largest absolute Gasteiger partial charge is 2.00 e. The summed E-state index contributed by atoms with van der Waals surface area (Å²) in [5, 5.41) is 0. The SMILES string of the molecule is C1=CC2C=C[C-]1C2.C1=CC2C=C[C-]1C2.[Ni+2]. The molecule has 0 N–H and O–H groups in total. The van der Waals surface area contributed by atoms with E-state index in [0.29, 0.717) is 0 Å². The molecule has 0 spiro atoms. The van der Waals surface area contributed by atoms with Crippen molar-refractivity contribution in [3.8, 4) is 0 Å². The van der Waals surface area contributed by atoms with Crippen molar-refractivity contribution in [1.29, 1.82) is 0 Å². The zero-order valence-electron chi connectivity index (χ0n) is 8.50. The van der Waals surface area contributed by atoms with Gasteiger partial charge in [-0.2, -0.15) is 60.4 Å². The molecule has 4 aliphatic carbocycles. The van der Waals surface area contributed by atoms with Crippen molar-refractivity contribution >= 4 is 0 Å². The zero-order chi connectivity index (χ0) is 9.38. The van der Waals surface area contributed by atoms with E-state index in [4.69, 9.17) is 0 Å². The summed E-state index contributed by atoms with van der Waals surface area (Å²) in [6, 6.07) is 0. The molecule has 0 aromatic carbocycles. The second-order valence-electron chi connectivity index (χ2n) is 4.32. The minimum absolute atomic E-state index is 0. The molecule has 4 bridgehead atoms. The van der Waals surface area contributed by atoms with E-state index in [1.165, 1.54) is 24.7 Å². The molecule has 0 amide bonds. The van der Waals surface area contributed by atoms with Crippen LogP contribution in [-0.4, -0.2) is 0 Å². The predicted octanol–water partition coefficient (Wildman–Crippen LogP) is 3.41. The molecule has 80 valence electrons. The maximum atomic E-state index is 2.26. The van der Waals surface area contributed by atoms with E-state index in [9.17, 15) is 0 Å². The molecule has 0 nitrogen and oxygen atoms in total. The molecular formula is C14H14Ni. The Kier molecular flexibility index (Phi) is 3.12. The molecule has 0 atom stereocenters. The van der Waals surface area contributed by atoms with E-state index >= 15 is 0 Å². The summed E-state index contributed by atoms with van der Waals surface area (Å²) in [4.78, 5) is 0. The Morgan fingerprint density at radius 2 is 1.00 bits per heavy atom. The molecule has 0 aromatic rings. The standard InChI is InChI=1S/2C7H7.Ni/c2*1-2-7-4-3-6(1)5-7;/h2*1-4,6H,5H2;/q2*-1;+2. The number of fused-ring (bicyclic) bond motifs is 4. The third kappa shape index (κ3) is 2.24. The van der Waals surface area contributed by atoms with Crippen molar-refractivity contribution in [2.75, 3.05) is 0 Å². The minimum Gasteiger partial charge on any atom is -0.184 e. The van der Waals surface area contributed by atoms with Gasteiger partial charge in [-0.25, -0.2) is 0 Å². The zero-order valence-corrected chi connectivity index (χ0v) is 9.49. The van der Waals surface area contributed by atoms with Gasteiger partial charge in [0.15, 0.2) is 0 Å². The summed E-state index contributed by atoms with van der Waals surface area (Å²) < 4.78 is 0. The molecule has 0 unspecified atom stereocenters. The average molecular weight is 241 g/mol. The van der Waals surface area contributed by atoms with E-state index in [1.807, 2.05) is 0 Å². The van der Waals surface area contributed by atoms with Crippen molar-refractivity contribution < 1.29 is 16.5 Å². The summed E-state index contributed by atoms with van der Waals surface area (Å²) in [5.41, 5.74) is 0. The molecule has 15 heavy (non-hydrogen) atoms. The van der Waals surface area contributed by atoms with Crippen LogP contribution in [0.1, 0.15) is 12.8 Å². The summed E-state index contributed by atoms with van der Waals surface area (Å²) in [6.45, 7) is 0. The number of hydrogen-bond donors (Lipinski definition) is 0. The van der Waals surface area contributed by atoms with Gasteiger partial charge >= 0.3 is 16.5 Å². The molecule has 0 saturated heterocycles. The molecule has 4 aliphatic rings. The molecular weight excluding hydrogens is 227 g/mol. The molecule has 1 heteroatoms. The fourth-order valence-electron chi connectivity index (χ4n) is 2.32. The van der Waals surface area contributed by atoms with Crippen molar-refractivity contribution in [1.82, 2.24) is 0 Å². The van der Waals surface area contributed by atoms with Crippen LogP contribution in [0.25, 0.3) is 0 Å². The number of rotatable bonds is 0. The number of allylic oxidation sites excluding steroid dienone is 8. The van der Waals surface area contributed by atoms with Crippen LogP contribution in [0, 0.1) is 23.7 Å². The van der Waals surface area contributed by atoms with Gasteiger partial charge in [-0.3, -0.25) is 0 Å². The quantitative estimate of drug-likeness (QED) is 0.450. The second-order valence-corrected chi connectivity index (χ2v) is 4.32. The van der Waals surface area contributed by atoms with Gasteiger partial charge in [0.05, 0.1) is 0 Å². The van der Waals surface area contributed by atoms with Crippen LogP contribution in [-0.2, 0) is 16.5 Å². The maximum absolute atomic E-state index is 2.26. The average Bonchev–Trinajstić information content (AvgIpc) is 3.01. The van der Waals surface area contributed by atoms with Crippen molar-refractivity contribution in [2.45, 2.75) is 12.8 Å². The Morgan fingerprint density at radius 3 is 1.07 bits per heavy atom. The van der Waals surface area contributed by atoms with Gasteiger partial charge in [0.25, 0.3) is 0 Å². The molecule has 0 fully saturated rings. The smallest absolute Gasteiger partial charge is 0.184 e. The molecule has 4 rings (SSSR count). The van der Waals surface area contributed by atoms with Gasteiger partial charge in [-0.15, -0.1) is 11.8 Å². The van der Waals surface area contributed by atoms with Crippen LogP contribution in [0.15, 0.2) is 48.6 Å². The summed E-state index contributed by atoms with van der Waals surface area (Å²) in [5.74, 6) is 4.56. The Bertz CT molecular complexity index is 245. The first-order valence-electron chi connectivity index (χ1n) is 5.34. The van der Waals surface area contributed by atoms with Crippen LogP contribution in [0.3, 0.4) is 0 Å². The molecule has 0 aliphatic heterocycles. The normalized spacial score (nSPS) is 23.7. The van der Waals surface area contributed by atoms with Gasteiger partial charge in [0.2, 0.25) is 0 Å². The maximum Gasteiger partial charge on any atom is 2.00 e. The second kappa shape index (κ2) is 4.37. The van der Waals surface area contributed by atoms with E-state index in [0.717, 1.165) is 11.8 Å². The van der Waals surface area contributed by atoms with Gasteiger partial charge < -0.3 is 0 Å². The Labute approximate surface area is 102 Å². The van der Waals surface area contributed by atoms with Crippen LogP contribution in [0.4, 0.5) is 0 Å². The Balaban J connectivity index is 0.000000107. The fourth-order valence-corrected chi connectivity index (χ4v) is 2.32. The van der Waals surface area contributed by atoms with Gasteiger partial charge in [-0.1, -0.05) is 12.8 Å². The van der Waals surface area contributed by atoms with E-state index in [1.54, 1.807) is 0 Å². The number of hydrogen-bond acceptors (Lipinski definition) is 0. The van der Waals surface area contributed by atoms with Crippen molar-refractivity contribution in [3.05, 3.63) is 60.4 Å². The van der Waals surface area contributed by atoms with E-state index in [2.05, 4.69) is 48.6 Å².